The zero-order valence-corrected chi connectivity index (χ0v) is 10.4. The molecule has 0 radical (unpaired) electrons. The highest BCUT2D eigenvalue weighted by atomic mass is 35.5. The summed E-state index contributed by atoms with van der Waals surface area (Å²) in [6, 6.07) is 4.03. The van der Waals surface area contributed by atoms with E-state index >= 15 is 0 Å². The van der Waals surface area contributed by atoms with E-state index < -0.39 is 12.6 Å². The summed E-state index contributed by atoms with van der Waals surface area (Å²) in [5, 5.41) is 3.38. The molecule has 0 aromatic heterocycles. The van der Waals surface area contributed by atoms with E-state index in [-0.39, 0.29) is 12.2 Å². The van der Waals surface area contributed by atoms with Gasteiger partial charge in [-0.1, -0.05) is 11.6 Å². The van der Waals surface area contributed by atoms with Crippen LogP contribution < -0.4 is 5.32 Å². The number of hydrogen-bond donors (Lipinski definition) is 1. The second-order valence-corrected chi connectivity index (χ2v) is 4.39. The molecule has 1 aromatic rings. The van der Waals surface area contributed by atoms with Gasteiger partial charge < -0.3 is 5.32 Å². The van der Waals surface area contributed by atoms with Crippen molar-refractivity contribution in [2.45, 2.75) is 32.0 Å². The second-order valence-electron chi connectivity index (χ2n) is 3.98. The van der Waals surface area contributed by atoms with Crippen molar-refractivity contribution < 1.29 is 17.6 Å². The van der Waals surface area contributed by atoms with E-state index in [1.165, 1.54) is 18.2 Å². The van der Waals surface area contributed by atoms with Gasteiger partial charge >= 0.3 is 6.18 Å². The van der Waals surface area contributed by atoms with Gasteiger partial charge in [0.15, 0.2) is 0 Å². The van der Waals surface area contributed by atoms with Crippen LogP contribution in [0, 0.1) is 5.82 Å². The molecule has 102 valence electrons. The molecule has 1 aromatic carbocycles. The fourth-order valence-electron chi connectivity index (χ4n) is 1.48. The number of alkyl halides is 3. The molecule has 0 fully saturated rings. The van der Waals surface area contributed by atoms with Crippen molar-refractivity contribution in [3.63, 3.8) is 0 Å². The molecule has 0 saturated carbocycles. The first-order chi connectivity index (χ1) is 8.38. The lowest BCUT2D eigenvalue weighted by atomic mass is 10.2. The summed E-state index contributed by atoms with van der Waals surface area (Å²) in [7, 11) is 0. The Bertz CT molecular complexity index is 379. The molecule has 0 bridgehead atoms. The lowest BCUT2D eigenvalue weighted by Gasteiger charge is -2.08. The summed E-state index contributed by atoms with van der Waals surface area (Å²) in [6.45, 7) is 0.797. The molecule has 6 heteroatoms. The lowest BCUT2D eigenvalue weighted by molar-refractivity contribution is -0.135. The molecule has 1 N–H and O–H groups in total. The van der Waals surface area contributed by atoms with Crippen LogP contribution in [0.3, 0.4) is 0 Å². The fourth-order valence-corrected chi connectivity index (χ4v) is 1.66. The molecule has 0 unspecified atom stereocenters. The third kappa shape index (κ3) is 6.21. The molecule has 0 aliphatic carbocycles. The van der Waals surface area contributed by atoms with Crippen LogP contribution in [0.4, 0.5) is 17.6 Å². The highest BCUT2D eigenvalue weighted by molar-refractivity contribution is 6.31. The number of hydrogen-bond acceptors (Lipinski definition) is 1. The van der Waals surface area contributed by atoms with Gasteiger partial charge in [-0.25, -0.2) is 4.39 Å². The molecule has 0 atom stereocenters. The van der Waals surface area contributed by atoms with E-state index in [4.69, 9.17) is 11.6 Å². The van der Waals surface area contributed by atoms with E-state index in [1.807, 2.05) is 0 Å². The zero-order valence-electron chi connectivity index (χ0n) is 9.66. The molecule has 1 nitrogen and oxygen atoms in total. The SMILES string of the molecule is Fc1ccc(Cl)c(CNCCCCC(F)(F)F)c1. The van der Waals surface area contributed by atoms with Crippen LogP contribution in [-0.4, -0.2) is 12.7 Å². The normalized spacial score (nSPS) is 11.8. The summed E-state index contributed by atoms with van der Waals surface area (Å²) in [5.74, 6) is -0.381. The summed E-state index contributed by atoms with van der Waals surface area (Å²) < 4.78 is 48.4. The largest absolute Gasteiger partial charge is 0.389 e. The second kappa shape index (κ2) is 6.95. The molecule has 0 amide bonds. The van der Waals surface area contributed by atoms with E-state index in [1.54, 1.807) is 0 Å². The van der Waals surface area contributed by atoms with Gasteiger partial charge in [0, 0.05) is 18.0 Å². The van der Waals surface area contributed by atoms with Crippen molar-refractivity contribution in [1.29, 1.82) is 0 Å². The van der Waals surface area contributed by atoms with Crippen LogP contribution in [0.25, 0.3) is 0 Å². The third-order valence-corrected chi connectivity index (χ3v) is 2.76. The predicted octanol–water partition coefficient (Wildman–Crippen LogP) is 4.30. The van der Waals surface area contributed by atoms with Crippen molar-refractivity contribution in [3.8, 4) is 0 Å². The molecular formula is C12H14ClF4N. The van der Waals surface area contributed by atoms with Crippen molar-refractivity contribution in [3.05, 3.63) is 34.6 Å². The molecule has 0 aliphatic rings. The molecule has 0 aliphatic heterocycles. The van der Waals surface area contributed by atoms with Gasteiger partial charge in [0.2, 0.25) is 0 Å². The number of halogens is 5. The molecule has 0 heterocycles. The summed E-state index contributed by atoms with van der Waals surface area (Å²) in [4.78, 5) is 0. The molecule has 0 spiro atoms. The topological polar surface area (TPSA) is 12.0 Å². The van der Waals surface area contributed by atoms with Crippen molar-refractivity contribution in [1.82, 2.24) is 5.32 Å². The van der Waals surface area contributed by atoms with Crippen molar-refractivity contribution in [2.75, 3.05) is 6.54 Å². The predicted molar refractivity (Wildman–Crippen MR) is 63.0 cm³/mol. The van der Waals surface area contributed by atoms with Gasteiger partial charge in [-0.2, -0.15) is 13.2 Å². The first kappa shape index (κ1) is 15.2. The smallest absolute Gasteiger partial charge is 0.313 e. The average molecular weight is 284 g/mol. The highest BCUT2D eigenvalue weighted by Crippen LogP contribution is 2.22. The number of nitrogens with one attached hydrogen (secondary N) is 1. The molecule has 18 heavy (non-hydrogen) atoms. The molecular weight excluding hydrogens is 270 g/mol. The van der Waals surface area contributed by atoms with E-state index in [0.717, 1.165) is 0 Å². The molecule has 1 rings (SSSR count). The minimum atomic E-state index is -4.09. The Labute approximate surface area is 108 Å². The number of benzene rings is 1. The van der Waals surface area contributed by atoms with Gasteiger partial charge in [0.05, 0.1) is 0 Å². The maximum Gasteiger partial charge on any atom is 0.389 e. The minimum absolute atomic E-state index is 0.0907. The van der Waals surface area contributed by atoms with Crippen LogP contribution in [0.2, 0.25) is 5.02 Å². The Morgan fingerprint density at radius 2 is 1.89 bits per heavy atom. The van der Waals surface area contributed by atoms with Crippen LogP contribution in [0.15, 0.2) is 18.2 Å². The third-order valence-electron chi connectivity index (χ3n) is 2.39. The van der Waals surface area contributed by atoms with Crippen LogP contribution in [0.1, 0.15) is 24.8 Å². The summed E-state index contributed by atoms with van der Waals surface area (Å²) >= 11 is 5.84. The van der Waals surface area contributed by atoms with Crippen molar-refractivity contribution >= 4 is 11.6 Å². The zero-order chi connectivity index (χ0) is 13.6. The average Bonchev–Trinajstić information content (AvgIpc) is 2.26. The first-order valence-electron chi connectivity index (χ1n) is 5.60. The maximum absolute atomic E-state index is 12.9. The van der Waals surface area contributed by atoms with Crippen molar-refractivity contribution in [2.24, 2.45) is 0 Å². The quantitative estimate of drug-likeness (QED) is 0.606. The Kier molecular flexibility index (Phi) is 5.88. The minimum Gasteiger partial charge on any atom is -0.313 e. The Balaban J connectivity index is 2.20. The highest BCUT2D eigenvalue weighted by Gasteiger charge is 2.25. The van der Waals surface area contributed by atoms with E-state index in [0.29, 0.717) is 30.1 Å². The Morgan fingerprint density at radius 1 is 1.17 bits per heavy atom. The Morgan fingerprint density at radius 3 is 2.56 bits per heavy atom. The summed E-state index contributed by atoms with van der Waals surface area (Å²) in [6.07, 6.45) is -4.35. The van der Waals surface area contributed by atoms with Gasteiger partial charge in [0.1, 0.15) is 5.82 Å². The van der Waals surface area contributed by atoms with Gasteiger partial charge in [-0.05, 0) is 43.1 Å². The number of unbranched alkanes of at least 4 members (excludes halogenated alkanes) is 1. The Hall–Kier alpha value is -0.810. The van der Waals surface area contributed by atoms with Gasteiger partial charge in [-0.15, -0.1) is 0 Å². The van der Waals surface area contributed by atoms with Crippen LogP contribution in [-0.2, 0) is 6.54 Å². The van der Waals surface area contributed by atoms with Crippen LogP contribution >= 0.6 is 11.6 Å². The maximum atomic E-state index is 12.9. The standard InChI is InChI=1S/C12H14ClF4N/c13-11-4-3-10(14)7-9(11)8-18-6-2-1-5-12(15,16)17/h3-4,7,18H,1-2,5-6,8H2. The van der Waals surface area contributed by atoms with E-state index in [9.17, 15) is 17.6 Å². The lowest BCUT2D eigenvalue weighted by Crippen LogP contribution is -2.16. The van der Waals surface area contributed by atoms with Crippen LogP contribution in [0.5, 0.6) is 0 Å². The number of rotatable bonds is 6. The van der Waals surface area contributed by atoms with Gasteiger partial charge in [0.25, 0.3) is 0 Å². The summed E-state index contributed by atoms with van der Waals surface area (Å²) in [5.41, 5.74) is 0.604. The van der Waals surface area contributed by atoms with Gasteiger partial charge in [-0.3, -0.25) is 0 Å². The monoisotopic (exact) mass is 283 g/mol. The fraction of sp³-hybridized carbons (Fsp3) is 0.500. The molecule has 0 saturated heterocycles. The van der Waals surface area contributed by atoms with E-state index in [2.05, 4.69) is 5.32 Å². The first-order valence-corrected chi connectivity index (χ1v) is 5.98.